The number of aryl methyl sites for hydroxylation is 1. The molecule has 2 N–H and O–H groups in total. The topological polar surface area (TPSA) is 47.1 Å². The summed E-state index contributed by atoms with van der Waals surface area (Å²) in [5.41, 5.74) is 6.73. The molecule has 0 radical (unpaired) electrons. The third kappa shape index (κ3) is 4.50. The van der Waals surface area contributed by atoms with E-state index in [0.717, 1.165) is 5.56 Å². The van der Waals surface area contributed by atoms with Crippen LogP contribution in [0.15, 0.2) is 12.4 Å². The van der Waals surface area contributed by atoms with Gasteiger partial charge in [-0.1, -0.05) is 13.8 Å². The second-order valence-electron chi connectivity index (χ2n) is 4.64. The molecule has 0 aliphatic carbocycles. The van der Waals surface area contributed by atoms with E-state index in [1.54, 1.807) is 31.0 Å². The molecule has 1 heterocycles. The lowest BCUT2D eigenvalue weighted by Crippen LogP contribution is -2.44. The van der Waals surface area contributed by atoms with Crippen molar-refractivity contribution in [2.45, 2.75) is 38.5 Å². The predicted molar refractivity (Wildman–Crippen MR) is 67.5 cm³/mol. The number of rotatable bonds is 6. The second-order valence-corrected chi connectivity index (χ2v) is 4.64. The molecule has 1 rings (SSSR count). The van der Waals surface area contributed by atoms with Crippen LogP contribution >= 0.6 is 0 Å². The lowest BCUT2D eigenvalue weighted by Gasteiger charge is -2.34. The Balaban J connectivity index is 3.01. The minimum atomic E-state index is -4.23. The fourth-order valence-electron chi connectivity index (χ4n) is 2.18. The van der Waals surface area contributed by atoms with Crippen molar-refractivity contribution in [3.63, 3.8) is 0 Å². The maximum Gasteiger partial charge on any atom is 0.401 e. The average molecular weight is 278 g/mol. The van der Waals surface area contributed by atoms with Crippen molar-refractivity contribution in [1.29, 1.82) is 0 Å². The zero-order valence-electron chi connectivity index (χ0n) is 11.5. The maximum absolute atomic E-state index is 12.6. The predicted octanol–water partition coefficient (Wildman–Crippen LogP) is 2.08. The van der Waals surface area contributed by atoms with Crippen LogP contribution in [0.1, 0.15) is 31.9 Å². The zero-order valence-corrected chi connectivity index (χ0v) is 11.5. The highest BCUT2D eigenvalue weighted by molar-refractivity contribution is 5.13. The van der Waals surface area contributed by atoms with Crippen molar-refractivity contribution in [2.75, 3.05) is 13.1 Å². The molecular formula is C12H21F3N4. The first-order valence-corrected chi connectivity index (χ1v) is 6.33. The van der Waals surface area contributed by atoms with E-state index in [9.17, 15) is 13.2 Å². The Bertz CT molecular complexity index is 389. The van der Waals surface area contributed by atoms with Gasteiger partial charge in [0.1, 0.15) is 0 Å². The SMILES string of the molecule is CCC(N)C(c1cnn(C)c1)N(CC)CC(F)(F)F. The molecule has 0 amide bonds. The molecule has 1 aromatic heterocycles. The van der Waals surface area contributed by atoms with Gasteiger partial charge in [-0.05, 0) is 13.0 Å². The van der Waals surface area contributed by atoms with Crippen LogP contribution in [0, 0.1) is 0 Å². The smallest absolute Gasteiger partial charge is 0.326 e. The summed E-state index contributed by atoms with van der Waals surface area (Å²) >= 11 is 0. The zero-order chi connectivity index (χ0) is 14.6. The molecule has 0 saturated heterocycles. The number of hydrogen-bond acceptors (Lipinski definition) is 3. The Kier molecular flexibility index (Phi) is 5.37. The summed E-state index contributed by atoms with van der Waals surface area (Å²) < 4.78 is 39.5. The van der Waals surface area contributed by atoms with E-state index in [0.29, 0.717) is 6.42 Å². The minimum Gasteiger partial charge on any atom is -0.326 e. The summed E-state index contributed by atoms with van der Waals surface area (Å²) in [6.45, 7) is 2.90. The van der Waals surface area contributed by atoms with Gasteiger partial charge in [0.2, 0.25) is 0 Å². The molecule has 0 aliphatic rings. The van der Waals surface area contributed by atoms with Gasteiger partial charge in [-0.25, -0.2) is 0 Å². The highest BCUT2D eigenvalue weighted by Crippen LogP contribution is 2.28. The molecule has 2 unspecified atom stereocenters. The number of alkyl halides is 3. The summed E-state index contributed by atoms with van der Waals surface area (Å²) in [7, 11) is 1.73. The van der Waals surface area contributed by atoms with Crippen molar-refractivity contribution < 1.29 is 13.2 Å². The molecule has 4 nitrogen and oxygen atoms in total. The van der Waals surface area contributed by atoms with Gasteiger partial charge in [0.25, 0.3) is 0 Å². The molecule has 0 bridgehead atoms. The minimum absolute atomic E-state index is 0.284. The third-order valence-electron chi connectivity index (χ3n) is 3.13. The van der Waals surface area contributed by atoms with E-state index >= 15 is 0 Å². The molecule has 110 valence electrons. The maximum atomic E-state index is 12.6. The average Bonchev–Trinajstić information content (AvgIpc) is 2.72. The van der Waals surface area contributed by atoms with Gasteiger partial charge in [0.05, 0.1) is 18.8 Å². The molecular weight excluding hydrogens is 257 g/mol. The van der Waals surface area contributed by atoms with Crippen LogP contribution in [-0.4, -0.2) is 40.0 Å². The third-order valence-corrected chi connectivity index (χ3v) is 3.13. The summed E-state index contributed by atoms with van der Waals surface area (Å²) in [5.74, 6) is 0. The van der Waals surface area contributed by atoms with E-state index in [1.807, 2.05) is 6.92 Å². The molecule has 19 heavy (non-hydrogen) atoms. The highest BCUT2D eigenvalue weighted by atomic mass is 19.4. The van der Waals surface area contributed by atoms with E-state index < -0.39 is 18.8 Å². The van der Waals surface area contributed by atoms with Crippen LogP contribution in [0.3, 0.4) is 0 Å². The van der Waals surface area contributed by atoms with E-state index in [4.69, 9.17) is 5.73 Å². The Morgan fingerprint density at radius 3 is 2.42 bits per heavy atom. The summed E-state index contributed by atoms with van der Waals surface area (Å²) in [6.07, 6.45) is -0.323. The van der Waals surface area contributed by atoms with Gasteiger partial charge in [0.15, 0.2) is 0 Å². The monoisotopic (exact) mass is 278 g/mol. The molecule has 0 saturated carbocycles. The second kappa shape index (κ2) is 6.38. The Labute approximate surface area is 111 Å². The fraction of sp³-hybridized carbons (Fsp3) is 0.750. The van der Waals surface area contributed by atoms with Crippen molar-refractivity contribution in [3.8, 4) is 0 Å². The van der Waals surface area contributed by atoms with Gasteiger partial charge >= 0.3 is 6.18 Å². The van der Waals surface area contributed by atoms with Crippen LogP contribution in [0.25, 0.3) is 0 Å². The number of hydrogen-bond donors (Lipinski definition) is 1. The lowest BCUT2D eigenvalue weighted by molar-refractivity contribution is -0.151. The number of likely N-dealkylation sites (N-methyl/N-ethyl adjacent to an activating group) is 1. The number of aromatic nitrogens is 2. The quantitative estimate of drug-likeness (QED) is 0.866. The number of nitrogens with two attached hydrogens (primary N) is 1. The number of halogens is 3. The first-order valence-electron chi connectivity index (χ1n) is 6.33. The molecule has 7 heteroatoms. The molecule has 0 fully saturated rings. The molecule has 0 spiro atoms. The van der Waals surface area contributed by atoms with E-state index in [2.05, 4.69) is 5.10 Å². The molecule has 0 aliphatic heterocycles. The summed E-state index contributed by atoms with van der Waals surface area (Å²) in [6, 6.07) is -0.822. The van der Waals surface area contributed by atoms with Crippen LogP contribution in [0.5, 0.6) is 0 Å². The van der Waals surface area contributed by atoms with Crippen LogP contribution in [-0.2, 0) is 7.05 Å². The van der Waals surface area contributed by atoms with Crippen molar-refractivity contribution in [3.05, 3.63) is 18.0 Å². The van der Waals surface area contributed by atoms with Crippen molar-refractivity contribution >= 4 is 0 Å². The lowest BCUT2D eigenvalue weighted by atomic mass is 9.99. The summed E-state index contributed by atoms with van der Waals surface area (Å²) in [4.78, 5) is 1.35. The molecule has 1 aromatic rings. The Hall–Kier alpha value is -1.08. The standard InChI is InChI=1S/C12H21F3N4/c1-4-10(16)11(9-6-17-18(3)7-9)19(5-2)8-12(13,14)15/h6-7,10-11H,4-5,8,16H2,1-3H3. The van der Waals surface area contributed by atoms with Gasteiger partial charge < -0.3 is 5.73 Å². The van der Waals surface area contributed by atoms with Gasteiger partial charge in [0, 0.05) is 24.8 Å². The summed E-state index contributed by atoms with van der Waals surface area (Å²) in [5, 5.41) is 4.02. The highest BCUT2D eigenvalue weighted by Gasteiger charge is 2.35. The van der Waals surface area contributed by atoms with Crippen molar-refractivity contribution in [2.24, 2.45) is 12.8 Å². The van der Waals surface area contributed by atoms with Crippen LogP contribution < -0.4 is 5.73 Å². The number of nitrogens with zero attached hydrogens (tertiary/aromatic N) is 3. The molecule has 2 atom stereocenters. The van der Waals surface area contributed by atoms with Crippen LogP contribution in [0.4, 0.5) is 13.2 Å². The Morgan fingerprint density at radius 2 is 2.05 bits per heavy atom. The fourth-order valence-corrected chi connectivity index (χ4v) is 2.18. The normalized spacial score (nSPS) is 15.8. The largest absolute Gasteiger partial charge is 0.401 e. The van der Waals surface area contributed by atoms with Gasteiger partial charge in [-0.15, -0.1) is 0 Å². The van der Waals surface area contributed by atoms with E-state index in [-0.39, 0.29) is 12.6 Å². The first-order chi connectivity index (χ1) is 8.78. The van der Waals surface area contributed by atoms with Gasteiger partial charge in [-0.2, -0.15) is 18.3 Å². The van der Waals surface area contributed by atoms with E-state index in [1.165, 1.54) is 4.90 Å². The Morgan fingerprint density at radius 1 is 1.42 bits per heavy atom. The molecule has 0 aromatic carbocycles. The first kappa shape index (κ1) is 16.0. The van der Waals surface area contributed by atoms with Crippen molar-refractivity contribution in [1.82, 2.24) is 14.7 Å². The van der Waals surface area contributed by atoms with Gasteiger partial charge in [-0.3, -0.25) is 9.58 Å². The van der Waals surface area contributed by atoms with Crippen LogP contribution in [0.2, 0.25) is 0 Å².